The molecule has 0 spiro atoms. The third-order valence-electron chi connectivity index (χ3n) is 11.8. The maximum atomic E-state index is 14.8. The van der Waals surface area contributed by atoms with E-state index in [1.54, 1.807) is 70.1 Å². The van der Waals surface area contributed by atoms with Crippen molar-refractivity contribution in [2.45, 2.75) is 51.7 Å². The first-order chi connectivity index (χ1) is 35.5. The van der Waals surface area contributed by atoms with E-state index in [1.165, 1.54) is 37.4 Å². The summed E-state index contributed by atoms with van der Waals surface area (Å²) >= 11 is 37.0. The molecule has 0 fully saturated rings. The molecule has 0 amide bonds. The number of halogens is 10. The number of ether oxygens (including phenoxy) is 3. The zero-order valence-corrected chi connectivity index (χ0v) is 45.0. The Balaban J connectivity index is 0.000000236. The van der Waals surface area contributed by atoms with Gasteiger partial charge >= 0.3 is 11.9 Å². The van der Waals surface area contributed by atoms with Crippen LogP contribution in [-0.2, 0) is 28.8 Å². The van der Waals surface area contributed by atoms with Gasteiger partial charge in [-0.3, -0.25) is 9.13 Å². The molecule has 6 aromatic carbocycles. The Kier molecular flexibility index (Phi) is 19.0. The summed E-state index contributed by atoms with van der Waals surface area (Å²) in [5, 5.41) is 17.5. The molecule has 0 saturated carbocycles. The SMILES string of the molecule is CC(C)(c1ccc(Cl)c(Cl)c1)c1cnc(COc2c(F)cc(C(=O)O)cc2Cl)n1-c1ccc(F)cc1.CO.COC(=O)c1cc(F)c(OCc2ncc(C(C)(C)c3ccc(Cl)c(Cl)c3)n2-c2ccc(F)cc2)c(Cl)c1. The fourth-order valence-electron chi connectivity index (χ4n) is 7.72. The number of hydrogen-bond donors (Lipinski definition) is 2. The van der Waals surface area contributed by atoms with Crippen LogP contribution in [0.25, 0.3) is 11.4 Å². The van der Waals surface area contributed by atoms with E-state index in [1.807, 2.05) is 39.8 Å². The molecule has 8 aromatic rings. The number of aliphatic hydroxyl groups is 1. The van der Waals surface area contributed by atoms with E-state index in [-0.39, 0.29) is 45.9 Å². The molecule has 0 unspecified atom stereocenters. The molecule has 75 heavy (non-hydrogen) atoms. The highest BCUT2D eigenvalue weighted by Gasteiger charge is 2.32. The lowest BCUT2D eigenvalue weighted by molar-refractivity contribution is 0.0599. The molecule has 8 rings (SSSR count). The summed E-state index contributed by atoms with van der Waals surface area (Å²) < 4.78 is 76.3. The van der Waals surface area contributed by atoms with Crippen LogP contribution in [0.15, 0.2) is 122 Å². The van der Waals surface area contributed by atoms with Crippen molar-refractivity contribution < 1.29 is 51.6 Å². The van der Waals surface area contributed by atoms with Crippen molar-refractivity contribution in [3.8, 4) is 22.9 Å². The molecule has 0 aliphatic rings. The number of aromatic carboxylic acids is 1. The second kappa shape index (κ2) is 24.6. The van der Waals surface area contributed by atoms with E-state index in [0.29, 0.717) is 43.1 Å². The first-order valence-corrected chi connectivity index (χ1v) is 24.4. The topological polar surface area (TPSA) is 138 Å². The van der Waals surface area contributed by atoms with Crippen LogP contribution in [-0.4, -0.2) is 55.5 Å². The fourth-order valence-corrected chi connectivity index (χ4v) is 8.84. The van der Waals surface area contributed by atoms with Crippen LogP contribution in [0.2, 0.25) is 30.1 Å². The Morgan fingerprint density at radius 2 is 0.907 bits per heavy atom. The van der Waals surface area contributed by atoms with E-state index in [0.717, 1.165) is 47.8 Å². The molecule has 0 aliphatic carbocycles. The van der Waals surface area contributed by atoms with E-state index in [2.05, 4.69) is 14.7 Å². The van der Waals surface area contributed by atoms with Crippen molar-refractivity contribution in [1.29, 1.82) is 0 Å². The Labute approximate surface area is 458 Å². The number of aromatic nitrogens is 4. The lowest BCUT2D eigenvalue weighted by Gasteiger charge is -2.28. The molecule has 0 radical (unpaired) electrons. The molecule has 2 heterocycles. The summed E-state index contributed by atoms with van der Waals surface area (Å²) in [6.45, 7) is 7.51. The Hall–Kier alpha value is -6.30. The molecule has 21 heteroatoms. The Morgan fingerprint density at radius 3 is 1.25 bits per heavy atom. The number of aliphatic hydroxyl groups excluding tert-OH is 1. The number of nitrogens with zero attached hydrogens (tertiary/aromatic N) is 4. The van der Waals surface area contributed by atoms with Gasteiger partial charge in [0, 0.05) is 41.7 Å². The number of carboxylic acids is 1. The molecular formula is C54H44Cl6F4N4O7. The van der Waals surface area contributed by atoms with Gasteiger partial charge in [0.05, 0.1) is 59.8 Å². The Morgan fingerprint density at radius 1 is 0.533 bits per heavy atom. The zero-order valence-electron chi connectivity index (χ0n) is 40.5. The average Bonchev–Trinajstić information content (AvgIpc) is 4.02. The highest BCUT2D eigenvalue weighted by Crippen LogP contribution is 2.40. The molecule has 0 saturated heterocycles. The predicted molar refractivity (Wildman–Crippen MR) is 282 cm³/mol. The molecule has 0 aliphatic heterocycles. The normalized spacial score (nSPS) is 11.3. The van der Waals surface area contributed by atoms with Crippen molar-refractivity contribution in [2.24, 2.45) is 0 Å². The van der Waals surface area contributed by atoms with Crippen LogP contribution in [0.3, 0.4) is 0 Å². The van der Waals surface area contributed by atoms with Crippen LogP contribution in [0.4, 0.5) is 17.6 Å². The standard InChI is InChI=1S/C27H21Cl3F2N2O3.C26H19Cl3F2N2O3.CH4O/c1-27(2,16-4-9-19(28)20(29)12-16)23-13-33-24(34(23)18-7-5-17(31)6-8-18)14-37-25-21(30)10-15(11-22(25)32)26(35)36-3;1-26(2,15-3-8-18(27)19(28)11-15)22-12-32-23(33(22)17-6-4-16(30)5-7-17)13-36-24-20(29)9-14(25(34)35)10-21(24)31;1-2/h4-13H,14H2,1-3H3;3-12H,13H2,1-2H3,(H,34,35);2H,1H3. The van der Waals surface area contributed by atoms with Crippen molar-refractivity contribution in [3.63, 3.8) is 0 Å². The quantitative estimate of drug-likeness (QED) is 0.0805. The number of carbonyl (C=O) groups is 2. The number of hydrogen-bond acceptors (Lipinski definition) is 8. The number of esters is 1. The molecule has 11 nitrogen and oxygen atoms in total. The van der Waals surface area contributed by atoms with Crippen molar-refractivity contribution in [1.82, 2.24) is 19.1 Å². The van der Waals surface area contributed by atoms with Crippen molar-refractivity contribution >= 4 is 81.5 Å². The maximum Gasteiger partial charge on any atom is 0.338 e. The summed E-state index contributed by atoms with van der Waals surface area (Å²) in [5.41, 5.74) is 2.79. The lowest BCUT2D eigenvalue weighted by Crippen LogP contribution is -2.24. The molecule has 2 aromatic heterocycles. The van der Waals surface area contributed by atoms with Crippen LogP contribution in [0.5, 0.6) is 11.5 Å². The van der Waals surface area contributed by atoms with Gasteiger partial charge in [0.25, 0.3) is 0 Å². The van der Waals surface area contributed by atoms with Crippen molar-refractivity contribution in [2.75, 3.05) is 14.2 Å². The zero-order chi connectivity index (χ0) is 55.1. The highest BCUT2D eigenvalue weighted by molar-refractivity contribution is 6.42. The van der Waals surface area contributed by atoms with Gasteiger partial charge in [0.1, 0.15) is 24.8 Å². The number of rotatable bonds is 14. The number of carboxylic acid groups (broad SMARTS) is 1. The summed E-state index contributed by atoms with van der Waals surface area (Å²) in [6, 6.07) is 26.5. The van der Waals surface area contributed by atoms with Crippen LogP contribution >= 0.6 is 69.6 Å². The van der Waals surface area contributed by atoms with E-state index >= 15 is 0 Å². The van der Waals surface area contributed by atoms with E-state index < -0.39 is 46.0 Å². The average molecular weight is 1150 g/mol. The largest absolute Gasteiger partial charge is 0.481 e. The summed E-state index contributed by atoms with van der Waals surface area (Å²) in [4.78, 5) is 31.9. The molecule has 0 atom stereocenters. The Bertz CT molecular complexity index is 3330. The van der Waals surface area contributed by atoms with Crippen LogP contribution in [0, 0.1) is 23.3 Å². The second-order valence-corrected chi connectivity index (χ2v) is 19.6. The van der Waals surface area contributed by atoms with Gasteiger partial charge in [-0.1, -0.05) is 109 Å². The van der Waals surface area contributed by atoms with E-state index in [4.69, 9.17) is 89.3 Å². The van der Waals surface area contributed by atoms with Gasteiger partial charge in [0.15, 0.2) is 34.8 Å². The molecular weight excluding hydrogens is 1110 g/mol. The first kappa shape index (κ1) is 58.0. The van der Waals surface area contributed by atoms with Gasteiger partial charge in [-0.25, -0.2) is 37.1 Å². The van der Waals surface area contributed by atoms with Gasteiger partial charge < -0.3 is 24.4 Å². The number of carbonyl (C=O) groups excluding carboxylic acids is 1. The monoisotopic (exact) mass is 1150 g/mol. The minimum atomic E-state index is -1.32. The smallest absolute Gasteiger partial charge is 0.338 e. The van der Waals surface area contributed by atoms with E-state index in [9.17, 15) is 27.2 Å². The fraction of sp³-hybridized carbons (Fsp3) is 0.185. The number of methoxy groups -OCH3 is 1. The second-order valence-electron chi connectivity index (χ2n) is 17.2. The number of benzene rings is 6. The highest BCUT2D eigenvalue weighted by atomic mass is 35.5. The predicted octanol–water partition coefficient (Wildman–Crippen LogP) is 15.1. The summed E-state index contributed by atoms with van der Waals surface area (Å²) in [7, 11) is 2.19. The third-order valence-corrected chi connectivity index (χ3v) is 13.8. The maximum absolute atomic E-state index is 14.8. The summed E-state index contributed by atoms with van der Waals surface area (Å²) in [5.74, 6) is -4.36. The molecule has 392 valence electrons. The third kappa shape index (κ3) is 13.0. The van der Waals surface area contributed by atoms with Gasteiger partial charge in [-0.05, 0) is 108 Å². The number of imidazole rings is 2. The van der Waals surface area contributed by atoms with Gasteiger partial charge in [0.2, 0.25) is 0 Å². The van der Waals surface area contributed by atoms with Gasteiger partial charge in [-0.2, -0.15) is 0 Å². The first-order valence-electron chi connectivity index (χ1n) is 22.1. The van der Waals surface area contributed by atoms with Crippen LogP contribution in [0.1, 0.15) is 82.6 Å². The van der Waals surface area contributed by atoms with Crippen molar-refractivity contribution in [3.05, 3.63) is 220 Å². The van der Waals surface area contributed by atoms with Crippen LogP contribution < -0.4 is 9.47 Å². The molecule has 2 N–H and O–H groups in total. The molecule has 0 bridgehead atoms. The minimum Gasteiger partial charge on any atom is -0.481 e. The van der Waals surface area contributed by atoms with Gasteiger partial charge in [-0.15, -0.1) is 0 Å². The minimum absolute atomic E-state index is 0.0455. The summed E-state index contributed by atoms with van der Waals surface area (Å²) in [6.07, 6.45) is 3.32. The lowest BCUT2D eigenvalue weighted by atomic mass is 9.81.